The van der Waals surface area contributed by atoms with Crippen molar-refractivity contribution in [3.8, 4) is 0 Å². The molecule has 3 heterocycles. The van der Waals surface area contributed by atoms with Gasteiger partial charge < -0.3 is 9.80 Å². The zero-order chi connectivity index (χ0) is 22.2. The highest BCUT2D eigenvalue weighted by Gasteiger charge is 2.31. The van der Waals surface area contributed by atoms with Crippen molar-refractivity contribution in [3.63, 3.8) is 0 Å². The van der Waals surface area contributed by atoms with Crippen molar-refractivity contribution in [2.75, 3.05) is 44.2 Å². The Hall–Kier alpha value is -1.72. The van der Waals surface area contributed by atoms with E-state index in [0.717, 1.165) is 27.8 Å². The van der Waals surface area contributed by atoms with Gasteiger partial charge in [0, 0.05) is 44.3 Å². The first kappa shape index (κ1) is 22.5. The third-order valence-corrected chi connectivity index (χ3v) is 9.62. The van der Waals surface area contributed by atoms with E-state index in [0.29, 0.717) is 23.0 Å². The Bertz CT molecular complexity index is 1160. The number of sulfonamides is 1. The number of amides is 1. The number of hydrogen-bond acceptors (Lipinski definition) is 7. The van der Waals surface area contributed by atoms with E-state index in [9.17, 15) is 13.2 Å². The Labute approximate surface area is 194 Å². The number of thiophene rings is 1. The van der Waals surface area contributed by atoms with Crippen LogP contribution in [-0.2, 0) is 10.0 Å². The fourth-order valence-corrected chi connectivity index (χ4v) is 7.55. The van der Waals surface area contributed by atoms with Gasteiger partial charge in [0.2, 0.25) is 10.0 Å². The van der Waals surface area contributed by atoms with Crippen molar-refractivity contribution in [3.05, 3.63) is 40.2 Å². The van der Waals surface area contributed by atoms with E-state index < -0.39 is 10.0 Å². The summed E-state index contributed by atoms with van der Waals surface area (Å²) >= 11 is 8.94. The van der Waals surface area contributed by atoms with Crippen molar-refractivity contribution in [2.24, 2.45) is 0 Å². The van der Waals surface area contributed by atoms with Gasteiger partial charge in [0.1, 0.15) is 4.83 Å². The molecule has 0 saturated carbocycles. The van der Waals surface area contributed by atoms with Gasteiger partial charge in [-0.1, -0.05) is 29.0 Å². The standard InChI is InChI=1S/C20H23ClN4O3S3/c1-3-23(4-2)20-22-18-16(30-20)13-17(29-18)19(26)24-8-10-25(11-9-24)31(27,28)15-7-5-6-14(21)12-15/h5-7,12-13H,3-4,8-11H2,1-2H3. The number of nitrogens with zero attached hydrogens (tertiary/aromatic N) is 4. The fraction of sp³-hybridized carbons (Fsp3) is 0.400. The molecule has 0 N–H and O–H groups in total. The molecule has 11 heteroatoms. The summed E-state index contributed by atoms with van der Waals surface area (Å²) in [5.41, 5.74) is 0. The second-order valence-electron chi connectivity index (χ2n) is 7.10. The molecule has 7 nitrogen and oxygen atoms in total. The number of rotatable bonds is 6. The molecule has 0 unspecified atom stereocenters. The number of hydrogen-bond donors (Lipinski definition) is 0. The zero-order valence-corrected chi connectivity index (χ0v) is 20.5. The quantitative estimate of drug-likeness (QED) is 0.513. The predicted molar refractivity (Wildman–Crippen MR) is 127 cm³/mol. The van der Waals surface area contributed by atoms with Crippen molar-refractivity contribution >= 4 is 64.9 Å². The molecule has 1 fully saturated rings. The monoisotopic (exact) mass is 498 g/mol. The highest BCUT2D eigenvalue weighted by Crippen LogP contribution is 2.35. The molecule has 31 heavy (non-hydrogen) atoms. The van der Waals surface area contributed by atoms with Crippen molar-refractivity contribution < 1.29 is 13.2 Å². The Morgan fingerprint density at radius 2 is 1.84 bits per heavy atom. The van der Waals surface area contributed by atoms with Crippen LogP contribution >= 0.6 is 34.3 Å². The Morgan fingerprint density at radius 3 is 2.45 bits per heavy atom. The lowest BCUT2D eigenvalue weighted by Gasteiger charge is -2.33. The average molecular weight is 499 g/mol. The predicted octanol–water partition coefficient (Wildman–Crippen LogP) is 4.00. The number of carbonyl (C=O) groups excluding carboxylic acids is 1. The van der Waals surface area contributed by atoms with Gasteiger partial charge in [-0.2, -0.15) is 4.31 Å². The summed E-state index contributed by atoms with van der Waals surface area (Å²) in [6.45, 7) is 7.19. The number of benzene rings is 1. The third kappa shape index (κ3) is 4.45. The van der Waals surface area contributed by atoms with Crippen LogP contribution < -0.4 is 4.90 Å². The molecular formula is C20H23ClN4O3S3. The lowest BCUT2D eigenvalue weighted by molar-refractivity contribution is 0.0703. The lowest BCUT2D eigenvalue weighted by atomic mass is 10.3. The Kier molecular flexibility index (Phi) is 6.55. The van der Waals surface area contributed by atoms with Gasteiger partial charge in [-0.15, -0.1) is 11.3 Å². The van der Waals surface area contributed by atoms with E-state index >= 15 is 0 Å². The molecule has 0 atom stereocenters. The summed E-state index contributed by atoms with van der Waals surface area (Å²) in [5.74, 6) is -0.0700. The van der Waals surface area contributed by atoms with Crippen LogP contribution in [0.4, 0.5) is 5.13 Å². The molecule has 166 valence electrons. The van der Waals surface area contributed by atoms with Crippen molar-refractivity contribution in [1.29, 1.82) is 0 Å². The van der Waals surface area contributed by atoms with Gasteiger partial charge >= 0.3 is 0 Å². The van der Waals surface area contributed by atoms with E-state index in [1.807, 2.05) is 6.07 Å². The van der Waals surface area contributed by atoms with E-state index in [4.69, 9.17) is 11.6 Å². The second-order valence-corrected chi connectivity index (χ2v) is 11.5. The SMILES string of the molecule is CCN(CC)c1nc2sc(C(=O)N3CCN(S(=O)(=O)c4cccc(Cl)c4)CC3)cc2s1. The molecule has 1 aromatic carbocycles. The zero-order valence-electron chi connectivity index (χ0n) is 17.2. The molecular weight excluding hydrogens is 476 g/mol. The summed E-state index contributed by atoms with van der Waals surface area (Å²) in [6, 6.07) is 8.16. The molecule has 0 radical (unpaired) electrons. The number of halogens is 1. The summed E-state index contributed by atoms with van der Waals surface area (Å²) in [6.07, 6.45) is 0. The topological polar surface area (TPSA) is 73.8 Å². The van der Waals surface area contributed by atoms with Crippen LogP contribution in [0.1, 0.15) is 23.5 Å². The van der Waals surface area contributed by atoms with E-state index in [1.54, 1.807) is 28.4 Å². The van der Waals surface area contributed by atoms with E-state index in [-0.39, 0.29) is 23.9 Å². The second kappa shape index (κ2) is 9.03. The first-order valence-electron chi connectivity index (χ1n) is 10.0. The first-order chi connectivity index (χ1) is 14.8. The summed E-state index contributed by atoms with van der Waals surface area (Å²) < 4.78 is 28.1. The molecule has 4 rings (SSSR count). The molecule has 3 aromatic rings. The molecule has 0 aliphatic carbocycles. The van der Waals surface area contributed by atoms with Gasteiger partial charge in [0.25, 0.3) is 5.91 Å². The number of thiazole rings is 1. The van der Waals surface area contributed by atoms with Crippen LogP contribution in [0, 0.1) is 0 Å². The maximum Gasteiger partial charge on any atom is 0.264 e. The van der Waals surface area contributed by atoms with Crippen LogP contribution in [0.15, 0.2) is 35.2 Å². The molecule has 2 aromatic heterocycles. The molecule has 0 spiro atoms. The number of aromatic nitrogens is 1. The number of piperazine rings is 1. The minimum atomic E-state index is -3.63. The van der Waals surface area contributed by atoms with Gasteiger partial charge in [-0.25, -0.2) is 13.4 Å². The fourth-order valence-electron chi connectivity index (χ4n) is 3.52. The summed E-state index contributed by atoms with van der Waals surface area (Å²) in [7, 11) is -3.63. The maximum absolute atomic E-state index is 13.0. The number of anilines is 1. The van der Waals surface area contributed by atoms with Gasteiger partial charge in [-0.3, -0.25) is 4.79 Å². The maximum atomic E-state index is 13.0. The molecule has 1 aliphatic heterocycles. The molecule has 1 aliphatic rings. The minimum absolute atomic E-state index is 0.0700. The minimum Gasteiger partial charge on any atom is -0.349 e. The lowest BCUT2D eigenvalue weighted by Crippen LogP contribution is -2.50. The van der Waals surface area contributed by atoms with E-state index in [2.05, 4.69) is 23.7 Å². The molecule has 0 bridgehead atoms. The van der Waals surface area contributed by atoms with Gasteiger partial charge in [0.05, 0.1) is 14.5 Å². The average Bonchev–Trinajstić information content (AvgIpc) is 3.34. The largest absolute Gasteiger partial charge is 0.349 e. The summed E-state index contributed by atoms with van der Waals surface area (Å²) in [4.78, 5) is 23.3. The smallest absolute Gasteiger partial charge is 0.264 e. The molecule has 1 saturated heterocycles. The van der Waals surface area contributed by atoms with Crippen LogP contribution in [0.2, 0.25) is 5.02 Å². The van der Waals surface area contributed by atoms with Gasteiger partial charge in [0.15, 0.2) is 5.13 Å². The Morgan fingerprint density at radius 1 is 1.13 bits per heavy atom. The Balaban J connectivity index is 1.44. The molecule has 1 amide bonds. The number of carbonyl (C=O) groups is 1. The number of fused-ring (bicyclic) bond motifs is 1. The van der Waals surface area contributed by atoms with Crippen molar-refractivity contribution in [1.82, 2.24) is 14.2 Å². The van der Waals surface area contributed by atoms with E-state index in [1.165, 1.54) is 27.8 Å². The normalized spacial score (nSPS) is 15.5. The van der Waals surface area contributed by atoms with Crippen LogP contribution in [0.3, 0.4) is 0 Å². The highest BCUT2D eigenvalue weighted by atomic mass is 35.5. The van der Waals surface area contributed by atoms with Crippen LogP contribution in [-0.4, -0.2) is 67.8 Å². The van der Waals surface area contributed by atoms with Crippen molar-refractivity contribution in [2.45, 2.75) is 18.7 Å². The van der Waals surface area contributed by atoms with Crippen LogP contribution in [0.5, 0.6) is 0 Å². The highest BCUT2D eigenvalue weighted by molar-refractivity contribution is 7.89. The first-order valence-corrected chi connectivity index (χ1v) is 13.5. The summed E-state index contributed by atoms with van der Waals surface area (Å²) in [5, 5.41) is 1.36. The van der Waals surface area contributed by atoms with Gasteiger partial charge in [-0.05, 0) is 38.1 Å². The third-order valence-electron chi connectivity index (χ3n) is 5.28. The van der Waals surface area contributed by atoms with Crippen LogP contribution in [0.25, 0.3) is 9.53 Å².